The average Bonchev–Trinajstić information content (AvgIpc) is 3.72. The molecular weight excluding hydrogens is 480 g/mol. The zero-order valence-corrected chi connectivity index (χ0v) is 23.2. The number of nitrogens with zero attached hydrogens (tertiary/aromatic N) is 1. The van der Waals surface area contributed by atoms with Crippen LogP contribution in [0.4, 0.5) is 0 Å². The number of benzene rings is 1. The second-order valence-electron chi connectivity index (χ2n) is 12.7. The molecule has 3 amide bonds. The molecule has 3 aliphatic rings. The van der Waals surface area contributed by atoms with E-state index in [4.69, 9.17) is 0 Å². The number of carbonyl (C=O) groups excluding carboxylic acids is 3. The fourth-order valence-corrected chi connectivity index (χ4v) is 6.06. The molecule has 2 saturated carbocycles. The number of rotatable bonds is 10. The molecule has 3 fully saturated rings. The predicted octanol–water partition coefficient (Wildman–Crippen LogP) is 2.40. The van der Waals surface area contributed by atoms with E-state index in [1.54, 1.807) is 0 Å². The fourth-order valence-electron chi connectivity index (χ4n) is 6.06. The van der Waals surface area contributed by atoms with Crippen LogP contribution in [-0.2, 0) is 20.8 Å². The van der Waals surface area contributed by atoms with Gasteiger partial charge in [0.05, 0.1) is 24.7 Å². The van der Waals surface area contributed by atoms with Gasteiger partial charge in [0.25, 0.3) is 0 Å². The van der Waals surface area contributed by atoms with E-state index in [0.717, 1.165) is 37.8 Å². The molecule has 4 rings (SSSR count). The van der Waals surface area contributed by atoms with Crippen molar-refractivity contribution >= 4 is 17.7 Å². The Morgan fingerprint density at radius 2 is 1.68 bits per heavy atom. The Bertz CT molecular complexity index is 959. The minimum absolute atomic E-state index is 0.0140. The molecule has 4 N–H and O–H groups in total. The second kappa shape index (κ2) is 12.6. The first-order valence-electron chi connectivity index (χ1n) is 14.4. The molecule has 5 atom stereocenters. The Hall–Kier alpha value is -2.45. The van der Waals surface area contributed by atoms with Crippen molar-refractivity contribution in [1.82, 2.24) is 20.9 Å². The van der Waals surface area contributed by atoms with Crippen molar-refractivity contribution in [3.05, 3.63) is 35.9 Å². The number of piperidine rings is 1. The highest BCUT2D eigenvalue weighted by atomic mass is 16.3. The summed E-state index contributed by atoms with van der Waals surface area (Å²) in [6.07, 6.45) is 6.92. The maximum atomic E-state index is 13.4. The number of fused-ring (bicyclic) bond motifs is 1. The summed E-state index contributed by atoms with van der Waals surface area (Å²) in [6, 6.07) is 8.94. The van der Waals surface area contributed by atoms with Crippen LogP contribution in [0.15, 0.2) is 30.3 Å². The monoisotopic (exact) mass is 526 g/mol. The lowest BCUT2D eigenvalue weighted by molar-refractivity contribution is -0.133. The third-order valence-electron chi connectivity index (χ3n) is 8.21. The van der Waals surface area contributed by atoms with E-state index in [0.29, 0.717) is 24.8 Å². The van der Waals surface area contributed by atoms with E-state index in [1.165, 1.54) is 19.3 Å². The lowest BCUT2D eigenvalue weighted by atomic mass is 9.72. The van der Waals surface area contributed by atoms with E-state index < -0.39 is 12.1 Å². The maximum Gasteiger partial charge on any atom is 0.239 e. The minimum atomic E-state index is -0.872. The molecule has 210 valence electrons. The number of aliphatic hydroxyl groups excluding tert-OH is 1. The molecule has 0 spiro atoms. The minimum Gasteiger partial charge on any atom is -0.390 e. The van der Waals surface area contributed by atoms with Crippen molar-refractivity contribution < 1.29 is 19.5 Å². The molecule has 8 heteroatoms. The molecule has 1 heterocycles. The Morgan fingerprint density at radius 3 is 2.34 bits per heavy atom. The van der Waals surface area contributed by atoms with Gasteiger partial charge in [-0.05, 0) is 70.3 Å². The third-order valence-corrected chi connectivity index (χ3v) is 8.21. The van der Waals surface area contributed by atoms with Crippen molar-refractivity contribution in [2.45, 2.75) is 95.9 Å². The quantitative estimate of drug-likeness (QED) is 0.374. The number of carbonyl (C=O) groups is 3. The summed E-state index contributed by atoms with van der Waals surface area (Å²) in [5.74, 6) is 0.736. The lowest BCUT2D eigenvalue weighted by Gasteiger charge is -2.47. The molecule has 2 aliphatic carbocycles. The van der Waals surface area contributed by atoms with Crippen molar-refractivity contribution in [3.8, 4) is 0 Å². The maximum absolute atomic E-state index is 13.4. The molecule has 0 bridgehead atoms. The van der Waals surface area contributed by atoms with Gasteiger partial charge in [-0.15, -0.1) is 0 Å². The smallest absolute Gasteiger partial charge is 0.239 e. The fraction of sp³-hybridized carbons (Fsp3) is 0.700. The van der Waals surface area contributed by atoms with Gasteiger partial charge in [0.2, 0.25) is 17.7 Å². The normalized spacial score (nSPS) is 25.5. The van der Waals surface area contributed by atoms with Crippen LogP contribution in [-0.4, -0.2) is 71.1 Å². The SMILES string of the molecule is CC(C)(C)NC(=O)C1CC2CCCCC2CN1CC(O)C(Cc1ccccc1)NC(=O)CNC(=O)C1CC1. The second-order valence-corrected chi connectivity index (χ2v) is 12.7. The van der Waals surface area contributed by atoms with Crippen molar-refractivity contribution in [2.75, 3.05) is 19.6 Å². The zero-order valence-electron chi connectivity index (χ0n) is 23.2. The van der Waals surface area contributed by atoms with Gasteiger partial charge in [0.15, 0.2) is 0 Å². The highest BCUT2D eigenvalue weighted by molar-refractivity contribution is 5.87. The first kappa shape index (κ1) is 28.6. The van der Waals surface area contributed by atoms with Gasteiger partial charge in [-0.1, -0.05) is 49.6 Å². The molecule has 5 unspecified atom stereocenters. The summed E-state index contributed by atoms with van der Waals surface area (Å²) in [5.41, 5.74) is 0.673. The van der Waals surface area contributed by atoms with E-state index in [2.05, 4.69) is 20.9 Å². The van der Waals surface area contributed by atoms with Gasteiger partial charge in [0.1, 0.15) is 0 Å². The van der Waals surface area contributed by atoms with Gasteiger partial charge in [-0.25, -0.2) is 0 Å². The molecule has 0 radical (unpaired) electrons. The van der Waals surface area contributed by atoms with E-state index in [9.17, 15) is 19.5 Å². The molecule has 8 nitrogen and oxygen atoms in total. The highest BCUT2D eigenvalue weighted by Crippen LogP contribution is 2.39. The largest absolute Gasteiger partial charge is 0.390 e. The Labute approximate surface area is 227 Å². The summed E-state index contributed by atoms with van der Waals surface area (Å²) in [4.78, 5) is 40.3. The number of aliphatic hydroxyl groups is 1. The van der Waals surface area contributed by atoms with E-state index in [-0.39, 0.29) is 41.8 Å². The summed E-state index contributed by atoms with van der Waals surface area (Å²) in [7, 11) is 0. The van der Waals surface area contributed by atoms with Crippen LogP contribution in [0.5, 0.6) is 0 Å². The summed E-state index contributed by atoms with van der Waals surface area (Å²) < 4.78 is 0. The number of hydrogen-bond acceptors (Lipinski definition) is 5. The first-order chi connectivity index (χ1) is 18.1. The highest BCUT2D eigenvalue weighted by Gasteiger charge is 2.41. The van der Waals surface area contributed by atoms with Crippen LogP contribution in [0.1, 0.15) is 71.3 Å². The lowest BCUT2D eigenvalue weighted by Crippen LogP contribution is -2.60. The molecule has 1 aliphatic heterocycles. The van der Waals surface area contributed by atoms with Crippen LogP contribution in [0.25, 0.3) is 0 Å². The summed E-state index contributed by atoms with van der Waals surface area (Å²) >= 11 is 0. The van der Waals surface area contributed by atoms with Crippen molar-refractivity contribution in [3.63, 3.8) is 0 Å². The standard InChI is InChI=1S/C30H46N4O4/c1-30(2,3)33-29(38)25-16-22-11-7-8-12-23(22)18-34(25)19-26(35)24(15-20-9-5-4-6-10-20)32-27(36)17-31-28(37)21-13-14-21/h4-6,9-10,21-26,35H,7-8,11-19H2,1-3H3,(H,31,37)(H,32,36)(H,33,38). The number of nitrogens with one attached hydrogen (secondary N) is 3. The summed E-state index contributed by atoms with van der Waals surface area (Å²) in [6.45, 7) is 6.96. The van der Waals surface area contributed by atoms with Crippen LogP contribution in [0.2, 0.25) is 0 Å². The van der Waals surface area contributed by atoms with Gasteiger partial charge < -0.3 is 21.1 Å². The van der Waals surface area contributed by atoms with Crippen LogP contribution >= 0.6 is 0 Å². The Balaban J connectivity index is 1.46. The van der Waals surface area contributed by atoms with E-state index >= 15 is 0 Å². The van der Waals surface area contributed by atoms with Crippen LogP contribution in [0.3, 0.4) is 0 Å². The van der Waals surface area contributed by atoms with Crippen molar-refractivity contribution in [1.29, 1.82) is 0 Å². The van der Waals surface area contributed by atoms with E-state index in [1.807, 2.05) is 51.1 Å². The van der Waals surface area contributed by atoms with Gasteiger partial charge in [0, 0.05) is 24.5 Å². The topological polar surface area (TPSA) is 111 Å². The van der Waals surface area contributed by atoms with Crippen molar-refractivity contribution in [2.24, 2.45) is 17.8 Å². The summed E-state index contributed by atoms with van der Waals surface area (Å²) in [5, 5.41) is 20.3. The number of likely N-dealkylation sites (tertiary alicyclic amines) is 1. The zero-order chi connectivity index (χ0) is 27.3. The number of amides is 3. The van der Waals surface area contributed by atoms with Crippen LogP contribution in [0, 0.1) is 17.8 Å². The molecular formula is C30H46N4O4. The predicted molar refractivity (Wildman–Crippen MR) is 147 cm³/mol. The Kier molecular flexibility index (Phi) is 9.47. The average molecular weight is 527 g/mol. The third kappa shape index (κ3) is 8.27. The molecule has 0 aromatic heterocycles. The molecule has 1 aromatic rings. The molecule has 1 saturated heterocycles. The number of β-amino-alcohol motifs (C(OH)–C–C–N with tert-alkyl or cyclic N) is 1. The number of hydrogen-bond donors (Lipinski definition) is 4. The first-order valence-corrected chi connectivity index (χ1v) is 14.4. The van der Waals surface area contributed by atoms with Gasteiger partial charge in [-0.2, -0.15) is 0 Å². The Morgan fingerprint density at radius 1 is 1.00 bits per heavy atom. The molecule has 38 heavy (non-hydrogen) atoms. The van der Waals surface area contributed by atoms with Gasteiger partial charge in [-0.3, -0.25) is 19.3 Å². The van der Waals surface area contributed by atoms with Crippen LogP contribution < -0.4 is 16.0 Å². The molecule has 1 aromatic carbocycles. The van der Waals surface area contributed by atoms with Gasteiger partial charge >= 0.3 is 0 Å².